The smallest absolute Gasteiger partial charge is 0.00852 e. The summed E-state index contributed by atoms with van der Waals surface area (Å²) in [6, 6.07) is 58.0. The molecule has 8 aromatic carbocycles. The molecule has 0 aliphatic heterocycles. The van der Waals surface area contributed by atoms with Crippen molar-refractivity contribution in [2.24, 2.45) is 0 Å². The second kappa shape index (κ2) is 12.2. The Morgan fingerprint density at radius 2 is 0.851 bits per heavy atom. The van der Waals surface area contributed by atoms with E-state index in [9.17, 15) is 0 Å². The monoisotopic (exact) mass is 600 g/mol. The molecular formula is C47H36. The Morgan fingerprint density at radius 3 is 1.49 bits per heavy atom. The zero-order chi connectivity index (χ0) is 31.7. The van der Waals surface area contributed by atoms with Gasteiger partial charge in [0.1, 0.15) is 0 Å². The summed E-state index contributed by atoms with van der Waals surface area (Å²) in [4.78, 5) is 0. The van der Waals surface area contributed by atoms with Crippen molar-refractivity contribution < 1.29 is 0 Å². The third-order valence-electron chi connectivity index (χ3n) is 9.62. The Kier molecular flexibility index (Phi) is 7.48. The molecule has 0 unspecified atom stereocenters. The van der Waals surface area contributed by atoms with Crippen LogP contribution in [-0.2, 0) is 6.42 Å². The van der Waals surface area contributed by atoms with E-state index in [-0.39, 0.29) is 0 Å². The first-order valence-corrected chi connectivity index (χ1v) is 16.5. The van der Waals surface area contributed by atoms with Gasteiger partial charge in [-0.15, -0.1) is 0 Å². The minimum Gasteiger partial charge on any atom is -0.0913 e. The standard InChI is InChI=1S/C47H36/c1-3-4-19-41-39(25-13-26-40(41)38-20-6-5-14-32(38)2)37-18-12-17-35(30-37)33-15-11-16-34(29-33)36-27-28-46-44-23-8-7-21-42(44)43-22-9-10-24-45(43)47(46)31-36/h3-18,20-31H,19H2,1-2H3/b4-3+. The van der Waals surface area contributed by atoms with Gasteiger partial charge in [-0.3, -0.25) is 0 Å². The van der Waals surface area contributed by atoms with Crippen molar-refractivity contribution >= 4 is 32.3 Å². The zero-order valence-electron chi connectivity index (χ0n) is 26.9. The van der Waals surface area contributed by atoms with Gasteiger partial charge in [-0.25, -0.2) is 0 Å². The van der Waals surface area contributed by atoms with Gasteiger partial charge in [-0.05, 0) is 126 Å². The highest BCUT2D eigenvalue weighted by Gasteiger charge is 2.14. The summed E-state index contributed by atoms with van der Waals surface area (Å²) in [5, 5.41) is 7.81. The van der Waals surface area contributed by atoms with E-state index in [0.29, 0.717) is 0 Å². The topological polar surface area (TPSA) is 0 Å². The van der Waals surface area contributed by atoms with Crippen LogP contribution in [0, 0.1) is 6.92 Å². The van der Waals surface area contributed by atoms with Crippen molar-refractivity contribution in [3.05, 3.63) is 181 Å². The highest BCUT2D eigenvalue weighted by molar-refractivity contribution is 6.25. The van der Waals surface area contributed by atoms with Crippen LogP contribution in [0.5, 0.6) is 0 Å². The third kappa shape index (κ3) is 5.23. The largest absolute Gasteiger partial charge is 0.0913 e. The maximum absolute atomic E-state index is 2.38. The number of hydrogen-bond donors (Lipinski definition) is 0. The average Bonchev–Trinajstić information content (AvgIpc) is 3.14. The predicted molar refractivity (Wildman–Crippen MR) is 204 cm³/mol. The van der Waals surface area contributed by atoms with E-state index in [0.717, 1.165) is 6.42 Å². The molecule has 0 bridgehead atoms. The van der Waals surface area contributed by atoms with Gasteiger partial charge in [0, 0.05) is 0 Å². The van der Waals surface area contributed by atoms with E-state index < -0.39 is 0 Å². The summed E-state index contributed by atoms with van der Waals surface area (Å²) in [7, 11) is 0. The van der Waals surface area contributed by atoms with Gasteiger partial charge in [-0.2, -0.15) is 0 Å². The van der Waals surface area contributed by atoms with E-state index in [2.05, 4.69) is 184 Å². The molecule has 0 radical (unpaired) electrons. The van der Waals surface area contributed by atoms with Crippen LogP contribution in [0.25, 0.3) is 76.8 Å². The normalized spacial score (nSPS) is 11.6. The molecule has 8 rings (SSSR count). The van der Waals surface area contributed by atoms with Crippen LogP contribution in [0.3, 0.4) is 0 Å². The molecule has 0 heteroatoms. The maximum Gasteiger partial charge on any atom is -0.00852 e. The minimum absolute atomic E-state index is 0.891. The highest BCUT2D eigenvalue weighted by atomic mass is 14.2. The fourth-order valence-electron chi connectivity index (χ4n) is 7.27. The van der Waals surface area contributed by atoms with Crippen LogP contribution in [-0.4, -0.2) is 0 Å². The maximum atomic E-state index is 2.38. The lowest BCUT2D eigenvalue weighted by atomic mass is 9.87. The summed E-state index contributed by atoms with van der Waals surface area (Å²) < 4.78 is 0. The third-order valence-corrected chi connectivity index (χ3v) is 9.62. The summed E-state index contributed by atoms with van der Waals surface area (Å²) >= 11 is 0. The molecular weight excluding hydrogens is 565 g/mol. The van der Waals surface area contributed by atoms with E-state index in [1.54, 1.807) is 0 Å². The average molecular weight is 601 g/mol. The Hall–Kier alpha value is -5.72. The number of allylic oxidation sites excluding steroid dienone is 2. The first-order valence-electron chi connectivity index (χ1n) is 16.5. The van der Waals surface area contributed by atoms with Gasteiger partial charge in [0.15, 0.2) is 0 Å². The van der Waals surface area contributed by atoms with Crippen LogP contribution in [0.15, 0.2) is 170 Å². The molecule has 0 N–H and O–H groups in total. The molecule has 0 fully saturated rings. The van der Waals surface area contributed by atoms with Gasteiger partial charge in [-0.1, -0.05) is 152 Å². The number of rotatable bonds is 6. The fourth-order valence-corrected chi connectivity index (χ4v) is 7.27. The van der Waals surface area contributed by atoms with Crippen LogP contribution in [0.2, 0.25) is 0 Å². The van der Waals surface area contributed by atoms with E-state index in [4.69, 9.17) is 0 Å². The minimum atomic E-state index is 0.891. The second-order valence-corrected chi connectivity index (χ2v) is 12.4. The van der Waals surface area contributed by atoms with Crippen molar-refractivity contribution in [2.45, 2.75) is 20.3 Å². The molecule has 224 valence electrons. The van der Waals surface area contributed by atoms with Gasteiger partial charge < -0.3 is 0 Å². The molecule has 8 aromatic rings. The first kappa shape index (κ1) is 28.7. The molecule has 0 aliphatic carbocycles. The van der Waals surface area contributed by atoms with Gasteiger partial charge >= 0.3 is 0 Å². The molecule has 0 saturated carbocycles. The van der Waals surface area contributed by atoms with Crippen molar-refractivity contribution in [3.63, 3.8) is 0 Å². The molecule has 0 aliphatic rings. The van der Waals surface area contributed by atoms with Crippen LogP contribution >= 0.6 is 0 Å². The van der Waals surface area contributed by atoms with E-state index in [1.165, 1.54) is 88.0 Å². The Balaban J connectivity index is 1.22. The van der Waals surface area contributed by atoms with Gasteiger partial charge in [0.2, 0.25) is 0 Å². The number of aryl methyl sites for hydroxylation is 1. The summed E-state index contributed by atoms with van der Waals surface area (Å²) in [6.45, 7) is 4.30. The quantitative estimate of drug-likeness (QED) is 0.132. The Labute approximate surface area is 277 Å². The summed E-state index contributed by atoms with van der Waals surface area (Å²) in [5.74, 6) is 0. The Morgan fingerprint density at radius 1 is 0.383 bits per heavy atom. The van der Waals surface area contributed by atoms with Gasteiger partial charge in [0.05, 0.1) is 0 Å². The van der Waals surface area contributed by atoms with E-state index >= 15 is 0 Å². The van der Waals surface area contributed by atoms with Crippen molar-refractivity contribution in [1.29, 1.82) is 0 Å². The Bertz CT molecular complexity index is 2420. The van der Waals surface area contributed by atoms with E-state index in [1.807, 2.05) is 0 Å². The predicted octanol–water partition coefficient (Wildman–Crippen LogP) is 13.2. The molecule has 0 amide bonds. The lowest BCUT2D eigenvalue weighted by Gasteiger charge is -2.17. The van der Waals surface area contributed by atoms with Crippen molar-refractivity contribution in [2.75, 3.05) is 0 Å². The molecule has 0 spiro atoms. The SMILES string of the molecule is C/C=C/Cc1c(-c2cccc(-c3cccc(-c4ccc5c6ccccc6c6ccccc6c5c4)c3)c2)cccc1-c1ccccc1C. The molecule has 0 atom stereocenters. The highest BCUT2D eigenvalue weighted by Crippen LogP contribution is 2.39. The van der Waals surface area contributed by atoms with Crippen LogP contribution in [0.4, 0.5) is 0 Å². The fraction of sp³-hybridized carbons (Fsp3) is 0.0638. The zero-order valence-corrected chi connectivity index (χ0v) is 26.9. The van der Waals surface area contributed by atoms with Crippen LogP contribution in [0.1, 0.15) is 18.1 Å². The summed E-state index contributed by atoms with van der Waals surface area (Å²) in [5.41, 5.74) is 12.7. The lowest BCUT2D eigenvalue weighted by Crippen LogP contribution is -1.95. The molecule has 0 nitrogen and oxygen atoms in total. The summed E-state index contributed by atoms with van der Waals surface area (Å²) in [6.07, 6.45) is 5.31. The lowest BCUT2D eigenvalue weighted by molar-refractivity contribution is 1.26. The molecule has 0 heterocycles. The number of fused-ring (bicyclic) bond motifs is 6. The molecule has 47 heavy (non-hydrogen) atoms. The van der Waals surface area contributed by atoms with Crippen molar-refractivity contribution in [3.8, 4) is 44.5 Å². The number of hydrogen-bond acceptors (Lipinski definition) is 0. The first-order chi connectivity index (χ1) is 23.2. The second-order valence-electron chi connectivity index (χ2n) is 12.4. The van der Waals surface area contributed by atoms with Crippen LogP contribution < -0.4 is 0 Å². The molecule has 0 aromatic heterocycles. The number of benzene rings is 8. The van der Waals surface area contributed by atoms with Crippen molar-refractivity contribution in [1.82, 2.24) is 0 Å². The molecule has 0 saturated heterocycles. The van der Waals surface area contributed by atoms with Gasteiger partial charge in [0.25, 0.3) is 0 Å².